The molecule has 2 aromatic rings. The van der Waals surface area contributed by atoms with Crippen LogP contribution in [0.5, 0.6) is 5.75 Å². The smallest absolute Gasteiger partial charge is 0.119 e. The van der Waals surface area contributed by atoms with Crippen molar-refractivity contribution in [1.29, 1.82) is 0 Å². The summed E-state index contributed by atoms with van der Waals surface area (Å²) in [7, 11) is 1.71. The molecule has 0 radical (unpaired) electrons. The van der Waals surface area contributed by atoms with Gasteiger partial charge >= 0.3 is 0 Å². The molecule has 1 aliphatic rings. The highest BCUT2D eigenvalue weighted by Gasteiger charge is 2.17. The lowest BCUT2D eigenvalue weighted by Crippen LogP contribution is -2.46. The van der Waals surface area contributed by atoms with E-state index in [2.05, 4.69) is 53.1 Å². The molecular weight excluding hydrogens is 284 g/mol. The van der Waals surface area contributed by atoms with Crippen molar-refractivity contribution in [1.82, 2.24) is 0 Å². The Hall–Kier alpha value is -2.16. The Balaban J connectivity index is 1.62. The second kappa shape index (κ2) is 7.40. The van der Waals surface area contributed by atoms with Crippen LogP contribution in [0.25, 0.3) is 0 Å². The van der Waals surface area contributed by atoms with E-state index < -0.39 is 0 Å². The van der Waals surface area contributed by atoms with Gasteiger partial charge in [0.1, 0.15) is 5.75 Å². The molecule has 2 aromatic carbocycles. The second-order valence-corrected chi connectivity index (χ2v) is 6.09. The van der Waals surface area contributed by atoms with Crippen molar-refractivity contribution in [3.8, 4) is 5.75 Å². The lowest BCUT2D eigenvalue weighted by molar-refractivity contribution is 0.415. The molecule has 0 aliphatic carbocycles. The van der Waals surface area contributed by atoms with Crippen LogP contribution in [0, 0.1) is 0 Å². The number of benzene rings is 2. The molecule has 0 saturated carbocycles. The van der Waals surface area contributed by atoms with Crippen molar-refractivity contribution >= 4 is 11.4 Å². The second-order valence-electron chi connectivity index (χ2n) is 6.09. The summed E-state index contributed by atoms with van der Waals surface area (Å²) >= 11 is 0. The van der Waals surface area contributed by atoms with Crippen LogP contribution in [0.2, 0.25) is 0 Å². The Morgan fingerprint density at radius 2 is 1.52 bits per heavy atom. The third-order valence-corrected chi connectivity index (χ3v) is 4.53. The monoisotopic (exact) mass is 310 g/mol. The van der Waals surface area contributed by atoms with E-state index in [1.54, 1.807) is 7.11 Å². The minimum atomic E-state index is 0.917. The molecular formula is C20H26N2O. The van der Waals surface area contributed by atoms with Crippen LogP contribution in [-0.4, -0.2) is 33.3 Å². The summed E-state index contributed by atoms with van der Waals surface area (Å²) in [5.74, 6) is 0.917. The molecule has 0 aromatic heterocycles. The van der Waals surface area contributed by atoms with Gasteiger partial charge in [-0.25, -0.2) is 0 Å². The van der Waals surface area contributed by atoms with Gasteiger partial charge in [-0.1, -0.05) is 25.5 Å². The highest BCUT2D eigenvalue weighted by Crippen LogP contribution is 2.23. The molecule has 0 spiro atoms. The van der Waals surface area contributed by atoms with Crippen molar-refractivity contribution < 1.29 is 4.74 Å². The molecule has 23 heavy (non-hydrogen) atoms. The first-order valence-electron chi connectivity index (χ1n) is 8.53. The number of rotatable bonds is 5. The van der Waals surface area contributed by atoms with E-state index in [9.17, 15) is 0 Å². The fraction of sp³-hybridized carbons (Fsp3) is 0.400. The first kappa shape index (κ1) is 15.7. The number of aryl methyl sites for hydroxylation is 1. The predicted molar refractivity (Wildman–Crippen MR) is 97.9 cm³/mol. The van der Waals surface area contributed by atoms with Gasteiger partial charge in [0.2, 0.25) is 0 Å². The van der Waals surface area contributed by atoms with E-state index in [1.807, 2.05) is 12.1 Å². The summed E-state index contributed by atoms with van der Waals surface area (Å²) in [4.78, 5) is 4.95. The zero-order chi connectivity index (χ0) is 16.1. The molecule has 0 unspecified atom stereocenters. The summed E-state index contributed by atoms with van der Waals surface area (Å²) in [6, 6.07) is 17.4. The van der Waals surface area contributed by atoms with Crippen LogP contribution < -0.4 is 14.5 Å². The Bertz CT molecular complexity index is 616. The lowest BCUT2D eigenvalue weighted by Gasteiger charge is -2.37. The Labute approximate surface area is 139 Å². The minimum absolute atomic E-state index is 0.917. The number of nitrogens with zero attached hydrogens (tertiary/aromatic N) is 2. The maximum atomic E-state index is 5.24. The molecule has 1 fully saturated rings. The molecule has 1 heterocycles. The molecule has 0 amide bonds. The van der Waals surface area contributed by atoms with Crippen molar-refractivity contribution in [3.05, 3.63) is 54.1 Å². The molecule has 0 atom stereocenters. The first-order valence-corrected chi connectivity index (χ1v) is 8.53. The summed E-state index contributed by atoms with van der Waals surface area (Å²) < 4.78 is 5.24. The average molecular weight is 310 g/mol. The third kappa shape index (κ3) is 3.79. The average Bonchev–Trinajstić information content (AvgIpc) is 2.62. The zero-order valence-corrected chi connectivity index (χ0v) is 14.2. The van der Waals surface area contributed by atoms with Crippen LogP contribution in [0.15, 0.2) is 48.5 Å². The van der Waals surface area contributed by atoms with Crippen molar-refractivity contribution in [2.45, 2.75) is 19.8 Å². The Morgan fingerprint density at radius 3 is 2.13 bits per heavy atom. The SMILES string of the molecule is CCCc1cccc(N2CCN(c3ccc(OC)cc3)CC2)c1. The minimum Gasteiger partial charge on any atom is -0.497 e. The fourth-order valence-corrected chi connectivity index (χ4v) is 3.21. The van der Waals surface area contributed by atoms with E-state index in [1.165, 1.54) is 29.8 Å². The number of ether oxygens (including phenoxy) is 1. The Kier molecular flexibility index (Phi) is 5.06. The molecule has 122 valence electrons. The van der Waals surface area contributed by atoms with Gasteiger partial charge in [-0.2, -0.15) is 0 Å². The summed E-state index contributed by atoms with van der Waals surface area (Å²) in [5, 5.41) is 0. The maximum Gasteiger partial charge on any atom is 0.119 e. The van der Waals surface area contributed by atoms with Crippen molar-refractivity contribution in [2.24, 2.45) is 0 Å². The van der Waals surface area contributed by atoms with Crippen molar-refractivity contribution in [3.63, 3.8) is 0 Å². The summed E-state index contributed by atoms with van der Waals surface area (Å²) in [6.07, 6.45) is 2.37. The van der Waals surface area contributed by atoms with Crippen LogP contribution >= 0.6 is 0 Å². The lowest BCUT2D eigenvalue weighted by atomic mass is 10.1. The van der Waals surface area contributed by atoms with E-state index in [-0.39, 0.29) is 0 Å². The maximum absolute atomic E-state index is 5.24. The predicted octanol–water partition coefficient (Wildman–Crippen LogP) is 3.97. The summed E-state index contributed by atoms with van der Waals surface area (Å²) in [5.41, 5.74) is 4.10. The molecule has 0 bridgehead atoms. The number of piperazine rings is 1. The van der Waals surface area contributed by atoms with Crippen LogP contribution in [0.1, 0.15) is 18.9 Å². The zero-order valence-electron chi connectivity index (χ0n) is 14.2. The largest absolute Gasteiger partial charge is 0.497 e. The van der Waals surface area contributed by atoms with Gasteiger partial charge in [-0.15, -0.1) is 0 Å². The van der Waals surface area contributed by atoms with Crippen molar-refractivity contribution in [2.75, 3.05) is 43.1 Å². The van der Waals surface area contributed by atoms with E-state index in [0.717, 1.165) is 31.9 Å². The van der Waals surface area contributed by atoms with Gasteiger partial charge in [-0.05, 0) is 48.4 Å². The van der Waals surface area contributed by atoms with Gasteiger partial charge in [0.25, 0.3) is 0 Å². The standard InChI is InChI=1S/C20H26N2O/c1-3-5-17-6-4-7-19(16-17)22-14-12-21(13-15-22)18-8-10-20(23-2)11-9-18/h4,6-11,16H,3,5,12-15H2,1-2H3. The normalized spacial score (nSPS) is 14.9. The summed E-state index contributed by atoms with van der Waals surface area (Å²) in [6.45, 7) is 6.50. The van der Waals surface area contributed by atoms with Crippen LogP contribution in [0.4, 0.5) is 11.4 Å². The van der Waals surface area contributed by atoms with Crippen LogP contribution in [0.3, 0.4) is 0 Å². The molecule has 3 nitrogen and oxygen atoms in total. The first-order chi connectivity index (χ1) is 11.3. The van der Waals surface area contributed by atoms with Gasteiger partial charge in [0.15, 0.2) is 0 Å². The van der Waals surface area contributed by atoms with Gasteiger partial charge in [0, 0.05) is 37.6 Å². The molecule has 1 aliphatic heterocycles. The fourth-order valence-electron chi connectivity index (χ4n) is 3.21. The third-order valence-electron chi connectivity index (χ3n) is 4.53. The number of anilines is 2. The quantitative estimate of drug-likeness (QED) is 0.831. The molecule has 1 saturated heterocycles. The van der Waals surface area contributed by atoms with E-state index in [0.29, 0.717) is 0 Å². The van der Waals surface area contributed by atoms with Crippen LogP contribution in [-0.2, 0) is 6.42 Å². The van der Waals surface area contributed by atoms with E-state index in [4.69, 9.17) is 4.74 Å². The van der Waals surface area contributed by atoms with Gasteiger partial charge in [-0.3, -0.25) is 0 Å². The number of hydrogen-bond donors (Lipinski definition) is 0. The molecule has 3 rings (SSSR count). The topological polar surface area (TPSA) is 15.7 Å². The number of hydrogen-bond acceptors (Lipinski definition) is 3. The number of methoxy groups -OCH3 is 1. The van der Waals surface area contributed by atoms with E-state index >= 15 is 0 Å². The molecule has 3 heteroatoms. The highest BCUT2D eigenvalue weighted by molar-refractivity contribution is 5.53. The van der Waals surface area contributed by atoms with Gasteiger partial charge < -0.3 is 14.5 Å². The molecule has 0 N–H and O–H groups in total. The van der Waals surface area contributed by atoms with Gasteiger partial charge in [0.05, 0.1) is 7.11 Å². The Morgan fingerprint density at radius 1 is 0.870 bits per heavy atom. The highest BCUT2D eigenvalue weighted by atomic mass is 16.5.